The Kier molecular flexibility index (Phi) is 4.11. The van der Waals surface area contributed by atoms with Gasteiger partial charge >= 0.3 is 0 Å². The molecule has 4 heteroatoms. The number of hydrogen-bond donors (Lipinski definition) is 0. The van der Waals surface area contributed by atoms with Crippen LogP contribution in [0.5, 0.6) is 0 Å². The molecular formula is C16H21N3O. The maximum absolute atomic E-state index is 5.27. The molecule has 4 nitrogen and oxygen atoms in total. The van der Waals surface area contributed by atoms with E-state index in [4.69, 9.17) is 4.52 Å². The fourth-order valence-electron chi connectivity index (χ4n) is 2.84. The number of likely N-dealkylation sites (tertiary alicyclic amines) is 1. The van der Waals surface area contributed by atoms with E-state index < -0.39 is 0 Å². The van der Waals surface area contributed by atoms with Crippen molar-refractivity contribution in [3.8, 4) is 0 Å². The van der Waals surface area contributed by atoms with E-state index in [9.17, 15) is 0 Å². The normalized spacial score (nSPS) is 17.4. The molecule has 3 rings (SSSR count). The third kappa shape index (κ3) is 3.07. The first kappa shape index (κ1) is 13.3. The first-order valence-electron chi connectivity index (χ1n) is 7.44. The lowest BCUT2D eigenvalue weighted by Gasteiger charge is -2.31. The van der Waals surface area contributed by atoms with Crippen LogP contribution in [-0.2, 0) is 13.0 Å². The fraction of sp³-hybridized carbons (Fsp3) is 0.500. The molecule has 0 aliphatic carbocycles. The van der Waals surface area contributed by atoms with Crippen LogP contribution >= 0.6 is 0 Å². The van der Waals surface area contributed by atoms with Gasteiger partial charge in [0.25, 0.3) is 0 Å². The molecule has 0 bridgehead atoms. The van der Waals surface area contributed by atoms with Crippen LogP contribution < -0.4 is 0 Å². The molecule has 106 valence electrons. The summed E-state index contributed by atoms with van der Waals surface area (Å²) in [6.45, 7) is 5.03. The van der Waals surface area contributed by atoms with Crippen molar-refractivity contribution in [2.75, 3.05) is 13.1 Å². The first-order chi connectivity index (χ1) is 9.85. The molecule has 0 atom stereocenters. The minimum absolute atomic E-state index is 0.696. The van der Waals surface area contributed by atoms with Gasteiger partial charge in [0.05, 0.1) is 6.54 Å². The molecule has 0 saturated carbocycles. The minimum Gasteiger partial charge on any atom is -0.338 e. The number of hydrogen-bond acceptors (Lipinski definition) is 4. The summed E-state index contributed by atoms with van der Waals surface area (Å²) in [5.74, 6) is 2.25. The number of piperidine rings is 1. The van der Waals surface area contributed by atoms with Gasteiger partial charge in [0.15, 0.2) is 5.82 Å². The van der Waals surface area contributed by atoms with Gasteiger partial charge in [-0.3, -0.25) is 4.90 Å². The van der Waals surface area contributed by atoms with Gasteiger partial charge in [-0.1, -0.05) is 42.4 Å². The quantitative estimate of drug-likeness (QED) is 0.857. The Balaban J connectivity index is 1.53. The Hall–Kier alpha value is -1.68. The number of aryl methyl sites for hydroxylation is 1. The summed E-state index contributed by atoms with van der Waals surface area (Å²) >= 11 is 0. The Labute approximate surface area is 119 Å². The first-order valence-corrected chi connectivity index (χ1v) is 7.44. The lowest BCUT2D eigenvalue weighted by Crippen LogP contribution is -2.32. The van der Waals surface area contributed by atoms with E-state index in [0.29, 0.717) is 5.92 Å². The number of aromatic nitrogens is 2. The van der Waals surface area contributed by atoms with Crippen molar-refractivity contribution in [3.05, 3.63) is 47.6 Å². The van der Waals surface area contributed by atoms with E-state index in [-0.39, 0.29) is 0 Å². The maximum Gasteiger partial charge on any atom is 0.240 e. The van der Waals surface area contributed by atoms with Gasteiger partial charge < -0.3 is 4.52 Å². The van der Waals surface area contributed by atoms with Crippen molar-refractivity contribution in [2.24, 2.45) is 0 Å². The highest BCUT2D eigenvalue weighted by atomic mass is 16.5. The van der Waals surface area contributed by atoms with Gasteiger partial charge in [-0.25, -0.2) is 0 Å². The predicted octanol–water partition coefficient (Wildman–Crippen LogP) is 3.01. The molecule has 0 N–H and O–H groups in total. The smallest absolute Gasteiger partial charge is 0.240 e. The van der Waals surface area contributed by atoms with Crippen molar-refractivity contribution in [3.63, 3.8) is 0 Å². The van der Waals surface area contributed by atoms with Gasteiger partial charge in [-0.2, -0.15) is 4.98 Å². The third-order valence-corrected chi connectivity index (χ3v) is 4.04. The molecule has 1 aliphatic rings. The lowest BCUT2D eigenvalue weighted by atomic mass is 9.89. The summed E-state index contributed by atoms with van der Waals surface area (Å²) < 4.78 is 5.27. The predicted molar refractivity (Wildman–Crippen MR) is 77.4 cm³/mol. The molecule has 0 unspecified atom stereocenters. The van der Waals surface area contributed by atoms with E-state index in [1.54, 1.807) is 0 Å². The van der Waals surface area contributed by atoms with Crippen LogP contribution in [0.1, 0.15) is 43.0 Å². The molecule has 1 aromatic heterocycles. The summed E-state index contributed by atoms with van der Waals surface area (Å²) in [5.41, 5.74) is 1.47. The zero-order valence-corrected chi connectivity index (χ0v) is 12.0. The van der Waals surface area contributed by atoms with Crippen LogP contribution in [-0.4, -0.2) is 28.1 Å². The Morgan fingerprint density at radius 1 is 1.20 bits per heavy atom. The molecule has 2 heterocycles. The molecule has 1 fully saturated rings. The Bertz CT molecular complexity index is 530. The van der Waals surface area contributed by atoms with Crippen LogP contribution in [0.2, 0.25) is 0 Å². The highest BCUT2D eigenvalue weighted by molar-refractivity contribution is 5.20. The van der Waals surface area contributed by atoms with Gasteiger partial charge in [-0.05, 0) is 37.4 Å². The van der Waals surface area contributed by atoms with Crippen LogP contribution in [0.15, 0.2) is 34.9 Å². The van der Waals surface area contributed by atoms with Gasteiger partial charge in [0.2, 0.25) is 5.89 Å². The molecule has 0 spiro atoms. The molecule has 2 aromatic rings. The monoisotopic (exact) mass is 271 g/mol. The molecule has 1 aromatic carbocycles. The second-order valence-electron chi connectivity index (χ2n) is 5.42. The van der Waals surface area contributed by atoms with Gasteiger partial charge in [0.1, 0.15) is 0 Å². The Morgan fingerprint density at radius 3 is 2.60 bits per heavy atom. The molecule has 0 radical (unpaired) electrons. The second kappa shape index (κ2) is 6.18. The molecule has 20 heavy (non-hydrogen) atoms. The van der Waals surface area contributed by atoms with E-state index in [2.05, 4.69) is 45.4 Å². The zero-order valence-electron chi connectivity index (χ0n) is 12.0. The van der Waals surface area contributed by atoms with E-state index in [1.165, 1.54) is 18.4 Å². The SMILES string of the molecule is CCc1noc(CN2CCC(c3ccccc3)CC2)n1. The Morgan fingerprint density at radius 2 is 1.95 bits per heavy atom. The van der Waals surface area contributed by atoms with Crippen LogP contribution in [0.4, 0.5) is 0 Å². The summed E-state index contributed by atoms with van der Waals surface area (Å²) in [4.78, 5) is 6.79. The largest absolute Gasteiger partial charge is 0.338 e. The second-order valence-corrected chi connectivity index (χ2v) is 5.42. The lowest BCUT2D eigenvalue weighted by molar-refractivity contribution is 0.181. The standard InChI is InChI=1S/C16H21N3O/c1-2-15-17-16(20-18-15)12-19-10-8-14(9-11-19)13-6-4-3-5-7-13/h3-7,14H,2,8-12H2,1H3. The van der Waals surface area contributed by atoms with Crippen molar-refractivity contribution >= 4 is 0 Å². The minimum atomic E-state index is 0.696. The topological polar surface area (TPSA) is 42.2 Å². The third-order valence-electron chi connectivity index (χ3n) is 4.04. The fourth-order valence-corrected chi connectivity index (χ4v) is 2.84. The summed E-state index contributed by atoms with van der Waals surface area (Å²) in [6, 6.07) is 10.8. The highest BCUT2D eigenvalue weighted by Crippen LogP contribution is 2.28. The van der Waals surface area contributed by atoms with E-state index >= 15 is 0 Å². The van der Waals surface area contributed by atoms with Crippen LogP contribution in [0.25, 0.3) is 0 Å². The molecule has 1 aliphatic heterocycles. The average molecular weight is 271 g/mol. The summed E-state index contributed by atoms with van der Waals surface area (Å²) in [7, 11) is 0. The van der Waals surface area contributed by atoms with Crippen molar-refractivity contribution in [1.29, 1.82) is 0 Å². The number of nitrogens with zero attached hydrogens (tertiary/aromatic N) is 3. The van der Waals surface area contributed by atoms with Crippen molar-refractivity contribution in [2.45, 2.75) is 38.6 Å². The van der Waals surface area contributed by atoms with Gasteiger partial charge in [-0.15, -0.1) is 0 Å². The molecule has 1 saturated heterocycles. The van der Waals surface area contributed by atoms with E-state index in [0.717, 1.165) is 37.8 Å². The van der Waals surface area contributed by atoms with Crippen molar-refractivity contribution < 1.29 is 4.52 Å². The number of rotatable bonds is 4. The summed E-state index contributed by atoms with van der Waals surface area (Å²) in [6.07, 6.45) is 3.25. The number of benzene rings is 1. The van der Waals surface area contributed by atoms with Crippen LogP contribution in [0.3, 0.4) is 0 Å². The van der Waals surface area contributed by atoms with E-state index in [1.807, 2.05) is 6.92 Å². The average Bonchev–Trinajstić information content (AvgIpc) is 2.97. The molecule has 0 amide bonds. The zero-order chi connectivity index (χ0) is 13.8. The van der Waals surface area contributed by atoms with Crippen molar-refractivity contribution in [1.82, 2.24) is 15.0 Å². The highest BCUT2D eigenvalue weighted by Gasteiger charge is 2.21. The maximum atomic E-state index is 5.27. The van der Waals surface area contributed by atoms with Crippen LogP contribution in [0, 0.1) is 0 Å². The van der Waals surface area contributed by atoms with Gasteiger partial charge in [0, 0.05) is 6.42 Å². The summed E-state index contributed by atoms with van der Waals surface area (Å²) in [5, 5.41) is 3.95. The molecular weight excluding hydrogens is 250 g/mol.